The van der Waals surface area contributed by atoms with E-state index in [9.17, 15) is 14.7 Å². The first-order chi connectivity index (χ1) is 20.3. The Hall–Kier alpha value is -1.71. The van der Waals surface area contributed by atoms with E-state index in [1.807, 2.05) is 49.6 Å². The van der Waals surface area contributed by atoms with Crippen LogP contribution < -0.4 is 24.2 Å². The van der Waals surface area contributed by atoms with Crippen LogP contribution in [0.2, 0.25) is 0 Å². The number of nitrogens with one attached hydrogen (secondary N) is 1. The zero-order chi connectivity index (χ0) is 30.0. The van der Waals surface area contributed by atoms with Crippen molar-refractivity contribution < 1.29 is 39.7 Å². The summed E-state index contributed by atoms with van der Waals surface area (Å²) in [5.41, 5.74) is 4.25. The van der Waals surface area contributed by atoms with Crippen LogP contribution in [0.25, 0.3) is 11.1 Å². The fraction of sp³-hybridized carbons (Fsp3) is 0.611. The molecule has 2 N–H and O–H groups in total. The maximum atomic E-state index is 13.5. The zero-order valence-electron chi connectivity index (χ0n) is 28.0. The molecule has 43 heavy (non-hydrogen) atoms. The number of aryl methyl sites for hydroxylation is 1. The number of thioether (sulfide) groups is 1. The van der Waals surface area contributed by atoms with E-state index in [-0.39, 0.29) is 31.8 Å². The van der Waals surface area contributed by atoms with Gasteiger partial charge >= 0.3 is 24.8 Å². The van der Waals surface area contributed by atoms with Crippen LogP contribution in [0, 0.1) is 18.8 Å². The third-order valence-electron chi connectivity index (χ3n) is 9.46. The number of amides is 1. The van der Waals surface area contributed by atoms with Crippen LogP contribution in [0.15, 0.2) is 42.5 Å². The first kappa shape index (κ1) is 35.8. The van der Waals surface area contributed by atoms with Crippen LogP contribution in [0.3, 0.4) is 0 Å². The molecule has 4 rings (SSSR count). The molecule has 232 valence electrons. The van der Waals surface area contributed by atoms with E-state index in [4.69, 9.17) is 4.74 Å². The van der Waals surface area contributed by atoms with Crippen LogP contribution in [-0.2, 0) is 16.1 Å². The molecule has 1 amide bonds. The number of ether oxygens (including phenoxy) is 1. The minimum Gasteiger partial charge on any atom is -1.00 e. The maximum absolute atomic E-state index is 13.5. The Morgan fingerprint density at radius 2 is 1.58 bits per heavy atom. The average Bonchev–Trinajstić information content (AvgIpc) is 2.99. The molecule has 0 aliphatic heterocycles. The largest absolute Gasteiger partial charge is 1.00 e. The molecule has 5 nitrogen and oxygen atoms in total. The number of carbonyl (C=O) groups excluding carboxylic acids is 1. The zero-order valence-corrected chi connectivity index (χ0v) is 27.8. The van der Waals surface area contributed by atoms with E-state index in [2.05, 4.69) is 18.3 Å². The third-order valence-corrected chi connectivity index (χ3v) is 10.1. The van der Waals surface area contributed by atoms with Crippen LogP contribution in [0.1, 0.15) is 113 Å². The van der Waals surface area contributed by atoms with Crippen molar-refractivity contribution in [2.75, 3.05) is 12.0 Å². The van der Waals surface area contributed by atoms with Crippen molar-refractivity contribution >= 4 is 23.6 Å². The summed E-state index contributed by atoms with van der Waals surface area (Å²) in [5, 5.41) is 12.5. The van der Waals surface area contributed by atoms with Crippen molar-refractivity contribution in [3.05, 3.63) is 59.2 Å². The minimum absolute atomic E-state index is 0. The van der Waals surface area contributed by atoms with Crippen LogP contribution in [-0.4, -0.2) is 40.6 Å². The molecule has 7 heteroatoms. The second kappa shape index (κ2) is 17.7. The summed E-state index contributed by atoms with van der Waals surface area (Å²) >= 11 is 1.57. The van der Waals surface area contributed by atoms with Gasteiger partial charge in [0.2, 0.25) is 0 Å². The van der Waals surface area contributed by atoms with Crippen molar-refractivity contribution in [1.82, 2.24) is 5.32 Å². The molecule has 0 bridgehead atoms. The Bertz CT molecular complexity index is 1160. The number of carbonyl (C=O) groups is 2. The van der Waals surface area contributed by atoms with Crippen molar-refractivity contribution in [3.8, 4) is 11.1 Å². The predicted octanol–water partition coefficient (Wildman–Crippen LogP) is 5.93. The smallest absolute Gasteiger partial charge is 1.00 e. The molecule has 0 heterocycles. The second-order valence-electron chi connectivity index (χ2n) is 13.0. The standard InChI is InChI=1S/C36H51NO4S.Li.H/c1-26-12-10-11-17-30(26)32-22-29(18-19-31(32)34(38)37-33(35(39)40)20-21-42-3)25-41-36(2,23-27-13-6-4-7-14-27)24-28-15-8-5-9-16-28;;/h10-12,17-19,22,27-28,33H,4-9,13-16,20-21,23-25H2,1-3H3,(H,37,38)(H,39,40);;/q;+1;-1. The van der Waals surface area contributed by atoms with E-state index >= 15 is 0 Å². The van der Waals surface area contributed by atoms with Gasteiger partial charge in [-0.15, -0.1) is 0 Å². The van der Waals surface area contributed by atoms with Gasteiger partial charge in [0.1, 0.15) is 6.04 Å². The molecule has 2 aromatic rings. The summed E-state index contributed by atoms with van der Waals surface area (Å²) < 4.78 is 6.90. The first-order valence-electron chi connectivity index (χ1n) is 16.1. The van der Waals surface area contributed by atoms with Gasteiger partial charge in [-0.3, -0.25) is 4.79 Å². The molecule has 2 aliphatic carbocycles. The van der Waals surface area contributed by atoms with E-state index in [1.54, 1.807) is 11.8 Å². The second-order valence-corrected chi connectivity index (χ2v) is 14.0. The predicted molar refractivity (Wildman–Crippen MR) is 175 cm³/mol. The van der Waals surface area contributed by atoms with E-state index in [0.29, 0.717) is 24.3 Å². The summed E-state index contributed by atoms with van der Waals surface area (Å²) in [4.78, 5) is 25.3. The number of carboxylic acid groups (broad SMARTS) is 1. The van der Waals surface area contributed by atoms with Crippen molar-refractivity contribution in [3.63, 3.8) is 0 Å². The van der Waals surface area contributed by atoms with Gasteiger partial charge in [-0.1, -0.05) is 94.5 Å². The van der Waals surface area contributed by atoms with Gasteiger partial charge in [-0.05, 0) is 91.3 Å². The normalized spacial score (nSPS) is 17.2. The molecule has 2 aromatic carbocycles. The van der Waals surface area contributed by atoms with Gasteiger partial charge in [0.15, 0.2) is 0 Å². The Morgan fingerprint density at radius 1 is 0.977 bits per heavy atom. The Balaban J connectivity index is 0.00000337. The van der Waals surface area contributed by atoms with Crippen molar-refractivity contribution in [2.24, 2.45) is 11.8 Å². The van der Waals surface area contributed by atoms with Gasteiger partial charge in [0.25, 0.3) is 5.91 Å². The third kappa shape index (κ3) is 10.7. The summed E-state index contributed by atoms with van der Waals surface area (Å²) in [5.74, 6) is 0.797. The molecule has 0 spiro atoms. The van der Waals surface area contributed by atoms with Crippen LogP contribution in [0.4, 0.5) is 0 Å². The molecular weight excluding hydrogens is 549 g/mol. The SMILES string of the molecule is CSCCC(NC(=O)c1ccc(COC(C)(CC2CCCCC2)CC2CCCCC2)cc1-c1ccccc1C)C(=O)O.[H-].[Li+]. The fourth-order valence-corrected chi connectivity index (χ4v) is 7.64. The van der Waals surface area contributed by atoms with Crippen LogP contribution >= 0.6 is 11.8 Å². The summed E-state index contributed by atoms with van der Waals surface area (Å²) in [6, 6.07) is 13.1. The van der Waals surface area contributed by atoms with Gasteiger partial charge < -0.3 is 16.6 Å². The van der Waals surface area contributed by atoms with Gasteiger partial charge in [-0.25, -0.2) is 4.79 Å². The fourth-order valence-electron chi connectivity index (χ4n) is 7.17. The number of rotatable bonds is 14. The number of benzene rings is 2. The molecule has 1 atom stereocenters. The van der Waals surface area contributed by atoms with Gasteiger partial charge in [-0.2, -0.15) is 11.8 Å². The van der Waals surface area contributed by atoms with E-state index in [0.717, 1.165) is 46.9 Å². The van der Waals surface area contributed by atoms with Crippen molar-refractivity contribution in [1.29, 1.82) is 0 Å². The number of hydrogen-bond acceptors (Lipinski definition) is 4. The first-order valence-corrected chi connectivity index (χ1v) is 17.5. The quantitative estimate of drug-likeness (QED) is 0.263. The van der Waals surface area contributed by atoms with Crippen molar-refractivity contribution in [2.45, 2.75) is 116 Å². The maximum Gasteiger partial charge on any atom is 1.00 e. The summed E-state index contributed by atoms with van der Waals surface area (Å²) in [7, 11) is 0. The van der Waals surface area contributed by atoms with Gasteiger partial charge in [0.05, 0.1) is 12.2 Å². The summed E-state index contributed by atoms with van der Waals surface area (Å²) in [6.45, 7) is 4.90. The van der Waals surface area contributed by atoms with Gasteiger partial charge in [0, 0.05) is 5.56 Å². The molecule has 0 aromatic heterocycles. The van der Waals surface area contributed by atoms with E-state index in [1.165, 1.54) is 64.2 Å². The summed E-state index contributed by atoms with van der Waals surface area (Å²) in [6.07, 6.45) is 17.9. The molecule has 1 unspecified atom stereocenters. The average molecular weight is 602 g/mol. The Kier molecular flexibility index (Phi) is 14.7. The monoisotopic (exact) mass is 601 g/mol. The topological polar surface area (TPSA) is 75.6 Å². The van der Waals surface area contributed by atoms with E-state index < -0.39 is 12.0 Å². The number of hydrogen-bond donors (Lipinski definition) is 2. The Labute approximate surface area is 277 Å². The minimum atomic E-state index is -1.00. The number of aliphatic carboxylic acids is 1. The molecule has 2 aliphatic rings. The molecule has 2 fully saturated rings. The molecule has 0 radical (unpaired) electrons. The molecule has 0 saturated heterocycles. The molecular formula is C36H52LiNO4S. The van der Waals surface area contributed by atoms with Crippen LogP contribution in [0.5, 0.6) is 0 Å². The molecule has 2 saturated carbocycles. The number of carboxylic acids is 1. The Morgan fingerprint density at radius 3 is 2.14 bits per heavy atom.